The lowest BCUT2D eigenvalue weighted by Crippen LogP contribution is -1.82. The predicted octanol–water partition coefficient (Wildman–Crippen LogP) is 2.79. The van der Waals surface area contributed by atoms with Crippen LogP contribution in [-0.4, -0.2) is 14.7 Å². The van der Waals surface area contributed by atoms with Gasteiger partial charge in [-0.15, -0.1) is 11.3 Å². The summed E-state index contributed by atoms with van der Waals surface area (Å²) in [6, 6.07) is 8.27. The number of aryl methyl sites for hydroxylation is 1. The van der Waals surface area contributed by atoms with Crippen molar-refractivity contribution < 1.29 is 5.11 Å². The summed E-state index contributed by atoms with van der Waals surface area (Å²) in [5.74, 6) is 0. The van der Waals surface area contributed by atoms with E-state index in [0.29, 0.717) is 0 Å². The van der Waals surface area contributed by atoms with Crippen LogP contribution in [0.4, 0.5) is 0 Å². The molecule has 0 aliphatic heterocycles. The van der Waals surface area contributed by atoms with Gasteiger partial charge in [-0.3, -0.25) is 0 Å². The first-order valence-corrected chi connectivity index (χ1v) is 6.27. The summed E-state index contributed by atoms with van der Waals surface area (Å²) in [6.45, 7) is 0.00126. The molecule has 0 saturated heterocycles. The molecule has 1 aromatic carbocycles. The minimum atomic E-state index is 0.00126. The molecule has 86 valence electrons. The van der Waals surface area contributed by atoms with Crippen molar-refractivity contribution in [2.24, 2.45) is 7.05 Å². The van der Waals surface area contributed by atoms with Gasteiger partial charge in [0.25, 0.3) is 0 Å². The summed E-state index contributed by atoms with van der Waals surface area (Å²) in [4.78, 5) is 4.42. The van der Waals surface area contributed by atoms with Crippen LogP contribution in [0.15, 0.2) is 35.8 Å². The second-order valence-electron chi connectivity index (χ2n) is 3.97. The maximum Gasteiger partial charge on any atom is 0.125 e. The van der Waals surface area contributed by atoms with E-state index >= 15 is 0 Å². The van der Waals surface area contributed by atoms with Crippen LogP contribution in [0.3, 0.4) is 0 Å². The molecule has 0 spiro atoms. The van der Waals surface area contributed by atoms with Crippen LogP contribution in [-0.2, 0) is 13.7 Å². The van der Waals surface area contributed by atoms with Crippen molar-refractivity contribution in [2.75, 3.05) is 0 Å². The van der Waals surface area contributed by atoms with E-state index in [4.69, 9.17) is 5.11 Å². The Morgan fingerprint density at radius 2 is 2.18 bits per heavy atom. The summed E-state index contributed by atoms with van der Waals surface area (Å²) >= 11 is 1.57. The zero-order valence-corrected chi connectivity index (χ0v) is 10.2. The van der Waals surface area contributed by atoms with Gasteiger partial charge < -0.3 is 9.67 Å². The van der Waals surface area contributed by atoms with E-state index in [-0.39, 0.29) is 6.61 Å². The number of aliphatic hydroxyl groups excluding tert-OH is 1. The van der Waals surface area contributed by atoms with Crippen LogP contribution in [0.5, 0.6) is 0 Å². The molecule has 0 amide bonds. The molecule has 0 aliphatic rings. The van der Waals surface area contributed by atoms with E-state index < -0.39 is 0 Å². The molecule has 2 aromatic heterocycles. The highest BCUT2D eigenvalue weighted by molar-refractivity contribution is 7.13. The van der Waals surface area contributed by atoms with Crippen LogP contribution >= 0.6 is 11.3 Å². The molecule has 0 saturated carbocycles. The first kappa shape index (κ1) is 10.5. The highest BCUT2D eigenvalue weighted by Gasteiger charge is 2.11. The molecule has 4 heteroatoms. The Morgan fingerprint density at radius 1 is 1.35 bits per heavy atom. The van der Waals surface area contributed by atoms with E-state index in [9.17, 15) is 0 Å². The zero-order valence-electron chi connectivity index (χ0n) is 9.42. The van der Waals surface area contributed by atoms with Crippen molar-refractivity contribution in [3.05, 3.63) is 41.5 Å². The zero-order chi connectivity index (χ0) is 11.8. The average molecular weight is 244 g/mol. The van der Waals surface area contributed by atoms with Gasteiger partial charge in [-0.05, 0) is 6.07 Å². The second kappa shape index (κ2) is 3.98. The topological polar surface area (TPSA) is 38.0 Å². The number of aliphatic hydroxyl groups is 1. The van der Waals surface area contributed by atoms with Gasteiger partial charge in [0.2, 0.25) is 0 Å². The molecule has 0 radical (unpaired) electrons. The minimum Gasteiger partial charge on any atom is -0.390 e. The molecule has 3 nitrogen and oxygen atoms in total. The quantitative estimate of drug-likeness (QED) is 0.752. The molecular formula is C13H12N2OS. The SMILES string of the molecule is Cn1cc(-c2nc(CO)cs2)c2ccccc21. The molecule has 0 bridgehead atoms. The number of benzene rings is 1. The Morgan fingerprint density at radius 3 is 2.94 bits per heavy atom. The van der Waals surface area contributed by atoms with E-state index in [1.807, 2.05) is 24.6 Å². The monoisotopic (exact) mass is 244 g/mol. The summed E-state index contributed by atoms with van der Waals surface area (Å²) in [5, 5.41) is 13.1. The fourth-order valence-corrected chi connectivity index (χ4v) is 2.85. The van der Waals surface area contributed by atoms with Crippen LogP contribution in [0.25, 0.3) is 21.5 Å². The van der Waals surface area contributed by atoms with E-state index in [1.165, 1.54) is 10.9 Å². The van der Waals surface area contributed by atoms with Crippen LogP contribution in [0, 0.1) is 0 Å². The van der Waals surface area contributed by atoms with Crippen molar-refractivity contribution in [1.82, 2.24) is 9.55 Å². The first-order valence-electron chi connectivity index (χ1n) is 5.39. The fraction of sp³-hybridized carbons (Fsp3) is 0.154. The van der Waals surface area contributed by atoms with Crippen LogP contribution < -0.4 is 0 Å². The normalized spacial score (nSPS) is 11.2. The largest absolute Gasteiger partial charge is 0.390 e. The van der Waals surface area contributed by atoms with Gasteiger partial charge in [-0.1, -0.05) is 18.2 Å². The highest BCUT2D eigenvalue weighted by atomic mass is 32.1. The second-order valence-corrected chi connectivity index (χ2v) is 4.83. The summed E-state index contributed by atoms with van der Waals surface area (Å²) < 4.78 is 2.10. The number of fused-ring (bicyclic) bond motifs is 1. The van der Waals surface area contributed by atoms with E-state index in [1.54, 1.807) is 11.3 Å². The number of hydrogen-bond acceptors (Lipinski definition) is 3. The average Bonchev–Trinajstić information content (AvgIpc) is 2.95. The molecule has 17 heavy (non-hydrogen) atoms. The molecule has 0 unspecified atom stereocenters. The highest BCUT2D eigenvalue weighted by Crippen LogP contribution is 2.32. The van der Waals surface area contributed by atoms with Gasteiger partial charge in [-0.25, -0.2) is 4.98 Å². The number of rotatable bonds is 2. The fourth-order valence-electron chi connectivity index (χ4n) is 2.02. The van der Waals surface area contributed by atoms with E-state index in [2.05, 4.69) is 27.9 Å². The van der Waals surface area contributed by atoms with Crippen molar-refractivity contribution in [2.45, 2.75) is 6.61 Å². The number of thiazole rings is 1. The summed E-state index contributed by atoms with van der Waals surface area (Å²) in [6.07, 6.45) is 2.09. The maximum absolute atomic E-state index is 9.06. The molecular weight excluding hydrogens is 232 g/mol. The first-order chi connectivity index (χ1) is 8.29. The van der Waals surface area contributed by atoms with E-state index in [0.717, 1.165) is 16.3 Å². The van der Waals surface area contributed by atoms with Gasteiger partial charge in [0.1, 0.15) is 5.01 Å². The van der Waals surface area contributed by atoms with Gasteiger partial charge in [-0.2, -0.15) is 0 Å². The smallest absolute Gasteiger partial charge is 0.125 e. The van der Waals surface area contributed by atoms with Gasteiger partial charge in [0.05, 0.1) is 12.3 Å². The Labute approximate surface area is 103 Å². The third-order valence-corrected chi connectivity index (χ3v) is 3.77. The number of aromatic nitrogens is 2. The molecule has 3 aromatic rings. The Hall–Kier alpha value is -1.65. The lowest BCUT2D eigenvalue weighted by Gasteiger charge is -1.93. The van der Waals surface area contributed by atoms with Crippen LogP contribution in [0.1, 0.15) is 5.69 Å². The van der Waals surface area contributed by atoms with Crippen molar-refractivity contribution in [3.8, 4) is 10.6 Å². The predicted molar refractivity (Wildman–Crippen MR) is 69.9 cm³/mol. The van der Waals surface area contributed by atoms with Gasteiger partial charge in [0, 0.05) is 35.1 Å². The van der Waals surface area contributed by atoms with Crippen LogP contribution in [0.2, 0.25) is 0 Å². The molecule has 1 N–H and O–H groups in total. The lowest BCUT2D eigenvalue weighted by atomic mass is 10.2. The van der Waals surface area contributed by atoms with Crippen molar-refractivity contribution >= 4 is 22.2 Å². The lowest BCUT2D eigenvalue weighted by molar-refractivity contribution is 0.278. The van der Waals surface area contributed by atoms with Gasteiger partial charge in [0.15, 0.2) is 0 Å². The Kier molecular flexibility index (Phi) is 2.46. The Bertz CT molecular complexity index is 669. The van der Waals surface area contributed by atoms with Crippen molar-refractivity contribution in [3.63, 3.8) is 0 Å². The summed E-state index contributed by atoms with van der Waals surface area (Å²) in [7, 11) is 2.03. The standard InChI is InChI=1S/C13H12N2OS/c1-15-6-11(10-4-2-3-5-12(10)15)13-14-9(7-16)8-17-13/h2-6,8,16H,7H2,1H3. The molecule has 0 atom stereocenters. The third-order valence-electron chi connectivity index (χ3n) is 2.84. The molecule has 2 heterocycles. The third kappa shape index (κ3) is 1.66. The van der Waals surface area contributed by atoms with Gasteiger partial charge >= 0.3 is 0 Å². The molecule has 0 fully saturated rings. The molecule has 3 rings (SSSR count). The number of para-hydroxylation sites is 1. The number of nitrogens with zero attached hydrogens (tertiary/aromatic N) is 2. The molecule has 0 aliphatic carbocycles. The number of hydrogen-bond donors (Lipinski definition) is 1. The minimum absolute atomic E-state index is 0.00126. The summed E-state index contributed by atoms with van der Waals surface area (Å²) in [5.41, 5.74) is 3.06. The van der Waals surface area contributed by atoms with Crippen molar-refractivity contribution in [1.29, 1.82) is 0 Å². The Balaban J connectivity index is 2.23. The maximum atomic E-state index is 9.06.